The third-order valence-corrected chi connectivity index (χ3v) is 4.46. The lowest BCUT2D eigenvalue weighted by Crippen LogP contribution is -2.51. The molecule has 0 aromatic rings. The minimum absolute atomic E-state index is 0.0175. The minimum Gasteiger partial charge on any atom is -0.481 e. The molecule has 0 aromatic heterocycles. The van der Waals surface area contributed by atoms with Crippen molar-refractivity contribution in [2.45, 2.75) is 38.1 Å². The van der Waals surface area contributed by atoms with Crippen molar-refractivity contribution in [2.75, 3.05) is 20.1 Å². The molecule has 3 N–H and O–H groups in total. The van der Waals surface area contributed by atoms with Gasteiger partial charge in [0.1, 0.15) is 0 Å². The van der Waals surface area contributed by atoms with Crippen LogP contribution in [0.4, 0.5) is 4.79 Å². The van der Waals surface area contributed by atoms with E-state index in [-0.39, 0.29) is 29.8 Å². The van der Waals surface area contributed by atoms with Crippen LogP contribution >= 0.6 is 0 Å². The second-order valence-electron chi connectivity index (χ2n) is 6.00. The lowest BCUT2D eigenvalue weighted by molar-refractivity contribution is -0.142. The van der Waals surface area contributed by atoms with Gasteiger partial charge in [0.15, 0.2) is 0 Å². The molecule has 0 radical (unpaired) electrons. The van der Waals surface area contributed by atoms with Crippen LogP contribution in [0.15, 0.2) is 0 Å². The van der Waals surface area contributed by atoms with Crippen molar-refractivity contribution in [1.82, 2.24) is 15.5 Å². The molecule has 118 valence electrons. The molecule has 1 saturated heterocycles. The molecule has 1 heterocycles. The second kappa shape index (κ2) is 6.78. The molecule has 7 heteroatoms. The van der Waals surface area contributed by atoms with Gasteiger partial charge in [-0.2, -0.15) is 0 Å². The predicted octanol–water partition coefficient (Wildman–Crippen LogP) is 0.407. The number of rotatable bonds is 4. The second-order valence-corrected chi connectivity index (χ2v) is 6.00. The molecular weight excluding hydrogens is 274 g/mol. The van der Waals surface area contributed by atoms with Gasteiger partial charge >= 0.3 is 12.0 Å². The quantitative estimate of drug-likeness (QED) is 0.700. The van der Waals surface area contributed by atoms with Gasteiger partial charge in [0.2, 0.25) is 5.91 Å². The lowest BCUT2D eigenvalue weighted by atomic mass is 9.96. The summed E-state index contributed by atoms with van der Waals surface area (Å²) in [5.41, 5.74) is 0. The Kier molecular flexibility index (Phi) is 5.03. The highest BCUT2D eigenvalue weighted by Gasteiger charge is 2.33. The van der Waals surface area contributed by atoms with E-state index in [9.17, 15) is 14.4 Å². The third kappa shape index (κ3) is 4.09. The highest BCUT2D eigenvalue weighted by Crippen LogP contribution is 2.31. The Morgan fingerprint density at radius 3 is 2.76 bits per heavy atom. The van der Waals surface area contributed by atoms with Crippen molar-refractivity contribution in [3.63, 3.8) is 0 Å². The Labute approximate surface area is 124 Å². The fraction of sp³-hybridized carbons (Fsp3) is 0.786. The number of urea groups is 1. The van der Waals surface area contributed by atoms with E-state index in [2.05, 4.69) is 10.6 Å². The monoisotopic (exact) mass is 297 g/mol. The zero-order chi connectivity index (χ0) is 15.4. The number of hydrogen-bond acceptors (Lipinski definition) is 3. The number of piperidine rings is 1. The van der Waals surface area contributed by atoms with E-state index in [1.807, 2.05) is 0 Å². The molecule has 3 amide bonds. The molecule has 1 saturated carbocycles. The zero-order valence-electron chi connectivity index (χ0n) is 12.3. The third-order valence-electron chi connectivity index (χ3n) is 4.46. The Balaban J connectivity index is 1.72. The van der Waals surface area contributed by atoms with E-state index in [0.717, 1.165) is 12.8 Å². The van der Waals surface area contributed by atoms with Gasteiger partial charge in [0.05, 0.1) is 5.92 Å². The van der Waals surface area contributed by atoms with Crippen LogP contribution in [-0.4, -0.2) is 54.1 Å². The minimum atomic E-state index is -0.771. The zero-order valence-corrected chi connectivity index (χ0v) is 12.3. The summed E-state index contributed by atoms with van der Waals surface area (Å²) < 4.78 is 0. The topological polar surface area (TPSA) is 98.7 Å². The van der Waals surface area contributed by atoms with Crippen molar-refractivity contribution in [3.8, 4) is 0 Å². The number of carbonyl (C=O) groups is 3. The molecule has 21 heavy (non-hydrogen) atoms. The number of nitrogens with one attached hydrogen (secondary N) is 2. The number of aliphatic carboxylic acids is 1. The molecule has 0 aromatic carbocycles. The first-order valence-corrected chi connectivity index (χ1v) is 7.48. The van der Waals surface area contributed by atoms with Crippen molar-refractivity contribution < 1.29 is 19.5 Å². The average molecular weight is 297 g/mol. The summed E-state index contributed by atoms with van der Waals surface area (Å²) >= 11 is 0. The summed E-state index contributed by atoms with van der Waals surface area (Å²) in [4.78, 5) is 35.9. The molecule has 0 spiro atoms. The van der Waals surface area contributed by atoms with Crippen LogP contribution in [0.3, 0.4) is 0 Å². The highest BCUT2D eigenvalue weighted by atomic mass is 16.4. The molecule has 1 aliphatic heterocycles. The molecular formula is C14H23N3O4. The highest BCUT2D eigenvalue weighted by molar-refractivity contribution is 5.78. The number of carboxylic acids is 1. The molecule has 1 aliphatic carbocycles. The number of carboxylic acid groups (broad SMARTS) is 1. The van der Waals surface area contributed by atoms with Gasteiger partial charge in [0.25, 0.3) is 0 Å². The molecule has 7 nitrogen and oxygen atoms in total. The molecule has 2 aliphatic rings. The smallest absolute Gasteiger partial charge is 0.315 e. The van der Waals surface area contributed by atoms with Gasteiger partial charge in [-0.05, 0) is 25.2 Å². The van der Waals surface area contributed by atoms with Crippen LogP contribution in [0.1, 0.15) is 32.1 Å². The largest absolute Gasteiger partial charge is 0.481 e. The summed E-state index contributed by atoms with van der Waals surface area (Å²) in [7, 11) is 1.73. The number of hydrogen-bond donors (Lipinski definition) is 3. The molecule has 2 rings (SSSR count). The van der Waals surface area contributed by atoms with E-state index in [1.165, 1.54) is 0 Å². The van der Waals surface area contributed by atoms with Crippen LogP contribution < -0.4 is 10.6 Å². The molecule has 3 unspecified atom stereocenters. The molecule has 3 atom stereocenters. The maximum Gasteiger partial charge on any atom is 0.315 e. The van der Waals surface area contributed by atoms with Gasteiger partial charge < -0.3 is 20.6 Å². The Morgan fingerprint density at radius 1 is 1.33 bits per heavy atom. The van der Waals surface area contributed by atoms with Crippen molar-refractivity contribution in [2.24, 2.45) is 11.8 Å². The summed E-state index contributed by atoms with van der Waals surface area (Å²) in [5.74, 6) is -0.997. The maximum atomic E-state index is 11.9. The Bertz CT molecular complexity index is 426. The lowest BCUT2D eigenvalue weighted by Gasteiger charge is -2.30. The fourth-order valence-electron chi connectivity index (χ4n) is 3.20. The molecule has 0 bridgehead atoms. The number of likely N-dealkylation sites (tertiary alicyclic amines) is 1. The number of likely N-dealkylation sites (N-methyl/N-ethyl adjacent to an activating group) is 1. The first-order valence-electron chi connectivity index (χ1n) is 7.48. The van der Waals surface area contributed by atoms with Crippen LogP contribution in [0.25, 0.3) is 0 Å². The molecule has 2 fully saturated rings. The standard InChI is InChI=1S/C14H23N3O4/c1-17-8-10(5-6-12(17)18)16-14(21)15-7-9-3-2-4-11(9)13(19)20/h9-11H,2-8H2,1H3,(H,19,20)(H2,15,16,21). The van der Waals surface area contributed by atoms with Crippen molar-refractivity contribution in [3.05, 3.63) is 0 Å². The first kappa shape index (κ1) is 15.6. The van der Waals surface area contributed by atoms with E-state index in [1.54, 1.807) is 11.9 Å². The summed E-state index contributed by atoms with van der Waals surface area (Å²) in [6.45, 7) is 0.914. The van der Waals surface area contributed by atoms with E-state index in [4.69, 9.17) is 5.11 Å². The summed E-state index contributed by atoms with van der Waals surface area (Å²) in [5, 5.41) is 14.7. The van der Waals surface area contributed by atoms with Gasteiger partial charge in [-0.25, -0.2) is 4.79 Å². The average Bonchev–Trinajstić information content (AvgIpc) is 2.89. The van der Waals surface area contributed by atoms with Gasteiger partial charge in [-0.1, -0.05) is 6.42 Å². The van der Waals surface area contributed by atoms with E-state index in [0.29, 0.717) is 32.4 Å². The fourth-order valence-corrected chi connectivity index (χ4v) is 3.20. The van der Waals surface area contributed by atoms with Crippen molar-refractivity contribution >= 4 is 17.9 Å². The Morgan fingerprint density at radius 2 is 2.10 bits per heavy atom. The van der Waals surface area contributed by atoms with Gasteiger partial charge in [-0.3, -0.25) is 9.59 Å². The Hall–Kier alpha value is -1.79. The number of nitrogens with zero attached hydrogens (tertiary/aromatic N) is 1. The van der Waals surface area contributed by atoms with Crippen LogP contribution in [0, 0.1) is 11.8 Å². The van der Waals surface area contributed by atoms with Crippen molar-refractivity contribution in [1.29, 1.82) is 0 Å². The van der Waals surface area contributed by atoms with Crippen LogP contribution in [0.2, 0.25) is 0 Å². The maximum absolute atomic E-state index is 11.9. The number of amides is 3. The van der Waals surface area contributed by atoms with Crippen LogP contribution in [-0.2, 0) is 9.59 Å². The van der Waals surface area contributed by atoms with Crippen LogP contribution in [0.5, 0.6) is 0 Å². The normalized spacial score (nSPS) is 29.3. The SMILES string of the molecule is CN1CC(NC(=O)NCC2CCCC2C(=O)O)CCC1=O. The predicted molar refractivity (Wildman–Crippen MR) is 75.7 cm³/mol. The van der Waals surface area contributed by atoms with E-state index < -0.39 is 5.97 Å². The van der Waals surface area contributed by atoms with E-state index >= 15 is 0 Å². The summed E-state index contributed by atoms with van der Waals surface area (Å²) in [6, 6.07) is -0.315. The summed E-state index contributed by atoms with van der Waals surface area (Å²) in [6.07, 6.45) is 3.54. The van der Waals surface area contributed by atoms with Gasteiger partial charge in [-0.15, -0.1) is 0 Å². The van der Waals surface area contributed by atoms with Gasteiger partial charge in [0, 0.05) is 32.6 Å². The first-order chi connectivity index (χ1) is 9.97. The number of carbonyl (C=O) groups excluding carboxylic acids is 2.